The molecule has 6 heteroatoms. The molecule has 4 aliphatic rings. The molecule has 4 aliphatic carbocycles. The van der Waals surface area contributed by atoms with Crippen molar-refractivity contribution in [1.29, 1.82) is 0 Å². The van der Waals surface area contributed by atoms with Crippen molar-refractivity contribution in [2.75, 3.05) is 6.61 Å². The molecule has 0 bridgehead atoms. The topological polar surface area (TPSA) is 80.7 Å². The highest BCUT2D eigenvalue weighted by Gasteiger charge is 2.69. The van der Waals surface area contributed by atoms with E-state index in [1.54, 1.807) is 0 Å². The van der Waals surface area contributed by atoms with Gasteiger partial charge in [0.2, 0.25) is 5.78 Å². The van der Waals surface area contributed by atoms with Crippen LogP contribution in [-0.4, -0.2) is 39.7 Å². The highest BCUT2D eigenvalue weighted by Crippen LogP contribution is 2.69. The van der Waals surface area contributed by atoms with E-state index in [9.17, 15) is 19.5 Å². The Morgan fingerprint density at radius 2 is 1.90 bits per heavy atom. The molecule has 0 saturated heterocycles. The predicted molar refractivity (Wildman–Crippen MR) is 116 cm³/mol. The quantitative estimate of drug-likeness (QED) is 0.483. The van der Waals surface area contributed by atoms with Gasteiger partial charge in [-0.05, 0) is 73.5 Å². The third-order valence-electron chi connectivity index (χ3n) is 9.89. The Labute approximate surface area is 187 Å². The van der Waals surface area contributed by atoms with Gasteiger partial charge in [0.25, 0.3) is 0 Å². The lowest BCUT2D eigenvalue weighted by atomic mass is 9.44. The van der Waals surface area contributed by atoms with E-state index in [1.165, 1.54) is 6.92 Å². The molecule has 4 rings (SSSR count). The smallest absolute Gasteiger partial charge is 0.303 e. The second kappa shape index (κ2) is 7.40. The summed E-state index contributed by atoms with van der Waals surface area (Å²) in [6.07, 6.45) is 6.32. The van der Waals surface area contributed by atoms with Crippen LogP contribution in [0, 0.1) is 40.4 Å². The first kappa shape index (κ1) is 22.4. The fraction of sp³-hybridized carbons (Fsp3) is 0.875. The summed E-state index contributed by atoms with van der Waals surface area (Å²) in [7, 11) is 0. The molecule has 4 fully saturated rings. The van der Waals surface area contributed by atoms with Crippen molar-refractivity contribution in [1.82, 2.24) is 0 Å². The molecule has 0 amide bonds. The second-order valence-electron chi connectivity index (χ2n) is 11.1. The zero-order valence-electron chi connectivity index (χ0n) is 18.6. The first-order valence-electron chi connectivity index (χ1n) is 11.5. The van der Waals surface area contributed by atoms with Crippen molar-refractivity contribution in [3.05, 3.63) is 0 Å². The molecule has 0 aliphatic heterocycles. The highest BCUT2D eigenvalue weighted by atomic mass is 79.9. The first-order chi connectivity index (χ1) is 13.9. The number of carbonyl (C=O) groups is 3. The number of halogens is 1. The summed E-state index contributed by atoms with van der Waals surface area (Å²) in [5.41, 5.74) is -1.80. The van der Waals surface area contributed by atoms with Crippen LogP contribution in [0.25, 0.3) is 0 Å². The van der Waals surface area contributed by atoms with Crippen LogP contribution < -0.4 is 0 Å². The number of ether oxygens (including phenoxy) is 1. The zero-order chi connectivity index (χ0) is 22.1. The van der Waals surface area contributed by atoms with Crippen molar-refractivity contribution in [2.24, 2.45) is 40.4 Å². The summed E-state index contributed by atoms with van der Waals surface area (Å²) in [6, 6.07) is 0. The number of hydrogen-bond acceptors (Lipinski definition) is 5. The van der Waals surface area contributed by atoms with E-state index in [2.05, 4.69) is 29.8 Å². The third-order valence-corrected chi connectivity index (χ3v) is 10.7. The third kappa shape index (κ3) is 2.99. The molecule has 0 aromatic carbocycles. The van der Waals surface area contributed by atoms with Crippen LogP contribution >= 0.6 is 15.9 Å². The van der Waals surface area contributed by atoms with Gasteiger partial charge in [-0.15, -0.1) is 0 Å². The molecule has 4 saturated carbocycles. The Bertz CT molecular complexity index is 767. The van der Waals surface area contributed by atoms with Gasteiger partial charge in [-0.3, -0.25) is 14.4 Å². The molecule has 1 N–H and O–H groups in total. The maximum atomic E-state index is 13.1. The second-order valence-corrected chi connectivity index (χ2v) is 12.2. The van der Waals surface area contributed by atoms with E-state index >= 15 is 0 Å². The molecule has 5 nitrogen and oxygen atoms in total. The SMILES string of the molecule is CC(=O)OCC(=O)C1(O)C(C)CC2C3CCC4CC(=O)C(Br)CC4(C)C3CCC21C. The number of esters is 1. The average Bonchev–Trinajstić information content (AvgIpc) is 2.88. The molecular weight excluding hydrogens is 448 g/mol. The number of ketones is 2. The molecular formula is C24H35BrO5. The van der Waals surface area contributed by atoms with E-state index < -0.39 is 17.0 Å². The first-order valence-corrected chi connectivity index (χ1v) is 12.4. The zero-order valence-corrected chi connectivity index (χ0v) is 20.2. The largest absolute Gasteiger partial charge is 0.458 e. The number of hydrogen-bond donors (Lipinski definition) is 1. The predicted octanol–water partition coefficient (Wildman–Crippen LogP) is 4.08. The maximum absolute atomic E-state index is 13.1. The molecule has 0 radical (unpaired) electrons. The summed E-state index contributed by atoms with van der Waals surface area (Å²) in [4.78, 5) is 36.6. The van der Waals surface area contributed by atoms with Crippen LogP contribution in [-0.2, 0) is 19.1 Å². The van der Waals surface area contributed by atoms with Crippen LogP contribution in [0.4, 0.5) is 0 Å². The summed E-state index contributed by atoms with van der Waals surface area (Å²) in [6.45, 7) is 7.39. The van der Waals surface area contributed by atoms with Crippen LogP contribution in [0.5, 0.6) is 0 Å². The van der Waals surface area contributed by atoms with Crippen molar-refractivity contribution in [3.63, 3.8) is 0 Å². The van der Waals surface area contributed by atoms with Crippen molar-refractivity contribution in [2.45, 2.75) is 83.1 Å². The highest BCUT2D eigenvalue weighted by molar-refractivity contribution is 9.10. The van der Waals surface area contributed by atoms with Crippen LogP contribution in [0.2, 0.25) is 0 Å². The van der Waals surface area contributed by atoms with Gasteiger partial charge in [0, 0.05) is 18.8 Å². The van der Waals surface area contributed by atoms with Gasteiger partial charge in [0.1, 0.15) is 11.4 Å². The van der Waals surface area contributed by atoms with E-state index in [4.69, 9.17) is 4.74 Å². The summed E-state index contributed by atoms with van der Waals surface area (Å²) in [5.74, 6) is 1.07. The Kier molecular flexibility index (Phi) is 5.53. The molecule has 9 unspecified atom stereocenters. The molecule has 30 heavy (non-hydrogen) atoms. The number of aliphatic hydroxyl groups is 1. The average molecular weight is 483 g/mol. The number of rotatable bonds is 3. The lowest BCUT2D eigenvalue weighted by molar-refractivity contribution is -0.179. The Morgan fingerprint density at radius 3 is 2.57 bits per heavy atom. The summed E-state index contributed by atoms with van der Waals surface area (Å²) < 4.78 is 4.98. The number of Topliss-reactive ketones (excluding diaryl/α,β-unsaturated/α-hetero) is 2. The van der Waals surface area contributed by atoms with Gasteiger partial charge >= 0.3 is 5.97 Å². The maximum Gasteiger partial charge on any atom is 0.303 e. The lowest BCUT2D eigenvalue weighted by Gasteiger charge is -2.61. The van der Waals surface area contributed by atoms with Crippen LogP contribution in [0.15, 0.2) is 0 Å². The number of carbonyl (C=O) groups excluding carboxylic acids is 3. The minimum atomic E-state index is -1.45. The van der Waals surface area contributed by atoms with E-state index in [0.29, 0.717) is 30.0 Å². The van der Waals surface area contributed by atoms with Gasteiger partial charge in [0.05, 0.1) is 4.83 Å². The molecule has 0 aromatic heterocycles. The number of alkyl halides is 1. The minimum absolute atomic E-state index is 0.0458. The fourth-order valence-electron chi connectivity index (χ4n) is 8.27. The summed E-state index contributed by atoms with van der Waals surface area (Å²) >= 11 is 3.63. The van der Waals surface area contributed by atoms with Gasteiger partial charge in [-0.25, -0.2) is 0 Å². The standard InChI is InChI=1S/C24H35BrO5/c1-13-9-18-16-6-5-15-10-20(27)19(25)11-22(15,3)17(16)7-8-23(18,4)24(13,29)21(28)12-30-14(2)26/h13,15-19,29H,5-12H2,1-4H3. The number of fused-ring (bicyclic) bond motifs is 5. The van der Waals surface area contributed by atoms with E-state index in [1.807, 2.05) is 6.92 Å². The van der Waals surface area contributed by atoms with Crippen molar-refractivity contribution in [3.8, 4) is 0 Å². The van der Waals surface area contributed by atoms with Gasteiger partial charge in [-0.1, -0.05) is 36.7 Å². The van der Waals surface area contributed by atoms with Crippen LogP contribution in [0.3, 0.4) is 0 Å². The lowest BCUT2D eigenvalue weighted by Crippen LogP contribution is -2.61. The minimum Gasteiger partial charge on any atom is -0.458 e. The molecule has 0 heterocycles. The molecule has 0 spiro atoms. The summed E-state index contributed by atoms with van der Waals surface area (Å²) in [5, 5.41) is 11.8. The van der Waals surface area contributed by atoms with Crippen molar-refractivity contribution >= 4 is 33.5 Å². The monoisotopic (exact) mass is 482 g/mol. The normalized spacial score (nSPS) is 50.3. The molecule has 168 valence electrons. The van der Waals surface area contributed by atoms with Gasteiger partial charge in [0.15, 0.2) is 6.61 Å². The Hall–Kier alpha value is -0.750. The van der Waals surface area contributed by atoms with E-state index in [0.717, 1.165) is 38.5 Å². The van der Waals surface area contributed by atoms with Crippen LogP contribution in [0.1, 0.15) is 72.6 Å². The molecule has 0 aromatic rings. The fourth-order valence-corrected chi connectivity index (χ4v) is 9.16. The van der Waals surface area contributed by atoms with Gasteiger partial charge in [-0.2, -0.15) is 0 Å². The van der Waals surface area contributed by atoms with Gasteiger partial charge < -0.3 is 9.84 Å². The Morgan fingerprint density at radius 1 is 1.20 bits per heavy atom. The van der Waals surface area contributed by atoms with E-state index in [-0.39, 0.29) is 34.5 Å². The molecule has 9 atom stereocenters. The Balaban J connectivity index is 1.62. The van der Waals surface area contributed by atoms with Crippen molar-refractivity contribution < 1.29 is 24.2 Å².